The molecular weight excluding hydrogens is 290 g/mol. The molecule has 0 aliphatic carbocycles. The van der Waals surface area contributed by atoms with Crippen molar-refractivity contribution >= 4 is 32.5 Å². The molecule has 0 saturated carbocycles. The second-order valence-corrected chi connectivity index (χ2v) is 5.84. The predicted molar refractivity (Wildman–Crippen MR) is 78.5 cm³/mol. The zero-order chi connectivity index (χ0) is 12.7. The summed E-state index contributed by atoms with van der Waals surface area (Å²) < 4.78 is 3.15. The molecule has 2 aromatic heterocycles. The molecule has 0 unspecified atom stereocenters. The van der Waals surface area contributed by atoms with E-state index >= 15 is 0 Å². The Morgan fingerprint density at radius 1 is 1.33 bits per heavy atom. The van der Waals surface area contributed by atoms with Gasteiger partial charge in [-0.1, -0.05) is 6.08 Å². The fourth-order valence-corrected chi connectivity index (χ4v) is 2.84. The van der Waals surface area contributed by atoms with E-state index in [1.54, 1.807) is 0 Å². The van der Waals surface area contributed by atoms with Gasteiger partial charge in [-0.25, -0.2) is 4.98 Å². The fourth-order valence-electron chi connectivity index (χ4n) is 2.51. The molecule has 0 amide bonds. The monoisotopic (exact) mass is 305 g/mol. The van der Waals surface area contributed by atoms with Crippen LogP contribution >= 0.6 is 15.9 Å². The molecule has 18 heavy (non-hydrogen) atoms. The van der Waals surface area contributed by atoms with Crippen molar-refractivity contribution in [1.29, 1.82) is 0 Å². The van der Waals surface area contributed by atoms with Crippen molar-refractivity contribution in [3.8, 4) is 0 Å². The Balaban J connectivity index is 2.14. The fraction of sp³-hybridized carbons (Fsp3) is 0.357. The van der Waals surface area contributed by atoms with Crippen molar-refractivity contribution < 1.29 is 0 Å². The van der Waals surface area contributed by atoms with Gasteiger partial charge in [0.1, 0.15) is 5.65 Å². The second kappa shape index (κ2) is 4.52. The van der Waals surface area contributed by atoms with Crippen LogP contribution in [-0.4, -0.2) is 34.6 Å². The van der Waals surface area contributed by atoms with E-state index in [1.807, 2.05) is 6.20 Å². The lowest BCUT2D eigenvalue weighted by Gasteiger charge is -2.21. The summed E-state index contributed by atoms with van der Waals surface area (Å²) in [6, 6.07) is 2.16. The molecule has 1 aliphatic heterocycles. The quantitative estimate of drug-likeness (QED) is 0.807. The summed E-state index contributed by atoms with van der Waals surface area (Å²) in [5.74, 6) is 0. The van der Waals surface area contributed by atoms with Gasteiger partial charge in [0, 0.05) is 48.0 Å². The number of hydrogen-bond acceptors (Lipinski definition) is 2. The van der Waals surface area contributed by atoms with Crippen LogP contribution in [0.5, 0.6) is 0 Å². The highest BCUT2D eigenvalue weighted by Crippen LogP contribution is 2.30. The minimum absolute atomic E-state index is 1.03. The normalized spacial score (nSPS) is 17.2. The number of hydrogen-bond donors (Lipinski definition) is 0. The first-order valence-corrected chi connectivity index (χ1v) is 6.93. The Morgan fingerprint density at radius 3 is 2.89 bits per heavy atom. The molecule has 3 nitrogen and oxygen atoms in total. The van der Waals surface area contributed by atoms with Crippen LogP contribution in [0, 0.1) is 0 Å². The molecule has 3 rings (SSSR count). The number of fused-ring (bicyclic) bond motifs is 1. The van der Waals surface area contributed by atoms with Crippen LogP contribution in [-0.2, 0) is 7.05 Å². The SMILES string of the molecule is CN1CC=C(c2cn(C)c3ncc(Br)cc23)CC1. The van der Waals surface area contributed by atoms with Gasteiger partial charge in [-0.2, -0.15) is 0 Å². The van der Waals surface area contributed by atoms with Gasteiger partial charge in [-0.3, -0.25) is 0 Å². The molecule has 0 bridgehead atoms. The Labute approximate surface area is 115 Å². The maximum Gasteiger partial charge on any atom is 0.140 e. The van der Waals surface area contributed by atoms with Crippen LogP contribution < -0.4 is 0 Å². The molecule has 0 saturated heterocycles. The molecule has 1 aliphatic rings. The Kier molecular flexibility index (Phi) is 2.99. The van der Waals surface area contributed by atoms with Crippen molar-refractivity contribution in [2.24, 2.45) is 7.05 Å². The van der Waals surface area contributed by atoms with Crippen LogP contribution in [0.25, 0.3) is 16.6 Å². The lowest BCUT2D eigenvalue weighted by atomic mass is 10.00. The molecule has 2 aromatic rings. The van der Waals surface area contributed by atoms with Crippen molar-refractivity contribution in [1.82, 2.24) is 14.5 Å². The summed E-state index contributed by atoms with van der Waals surface area (Å²) in [5, 5.41) is 1.24. The van der Waals surface area contributed by atoms with E-state index in [-0.39, 0.29) is 0 Å². The van der Waals surface area contributed by atoms with Crippen LogP contribution in [0.2, 0.25) is 0 Å². The Bertz CT molecular complexity index is 627. The zero-order valence-electron chi connectivity index (χ0n) is 10.7. The van der Waals surface area contributed by atoms with Gasteiger partial charge in [-0.15, -0.1) is 0 Å². The minimum atomic E-state index is 1.03. The molecule has 0 aromatic carbocycles. The first-order valence-electron chi connectivity index (χ1n) is 6.13. The number of rotatable bonds is 1. The first-order chi connectivity index (χ1) is 8.65. The minimum Gasteiger partial charge on any atom is -0.335 e. The van der Waals surface area contributed by atoms with Gasteiger partial charge in [0.25, 0.3) is 0 Å². The molecule has 0 radical (unpaired) electrons. The van der Waals surface area contributed by atoms with Crippen LogP contribution in [0.15, 0.2) is 29.0 Å². The van der Waals surface area contributed by atoms with Crippen LogP contribution in [0.4, 0.5) is 0 Å². The third-order valence-corrected chi connectivity index (χ3v) is 3.97. The summed E-state index contributed by atoms with van der Waals surface area (Å²) in [6.07, 6.45) is 7.50. The summed E-state index contributed by atoms with van der Waals surface area (Å²) in [7, 11) is 4.22. The molecular formula is C14H16BrN3. The molecule has 4 heteroatoms. The Morgan fingerprint density at radius 2 is 2.17 bits per heavy atom. The average Bonchev–Trinajstić information content (AvgIpc) is 2.67. The molecule has 3 heterocycles. The average molecular weight is 306 g/mol. The van der Waals surface area contributed by atoms with E-state index in [9.17, 15) is 0 Å². The molecule has 0 spiro atoms. The van der Waals surface area contributed by atoms with Crippen molar-refractivity contribution in [2.45, 2.75) is 6.42 Å². The molecule has 0 fully saturated rings. The molecule has 0 atom stereocenters. The second-order valence-electron chi connectivity index (χ2n) is 4.92. The lowest BCUT2D eigenvalue weighted by Crippen LogP contribution is -2.23. The highest BCUT2D eigenvalue weighted by atomic mass is 79.9. The van der Waals surface area contributed by atoms with Crippen molar-refractivity contribution in [2.75, 3.05) is 20.1 Å². The standard InChI is InChI=1S/C14H16BrN3/c1-17-5-3-10(4-6-17)13-9-18(2)14-12(13)7-11(15)8-16-14/h3,7-9H,4-6H2,1-2H3. The number of aromatic nitrogens is 2. The van der Waals surface area contributed by atoms with Gasteiger partial charge < -0.3 is 9.47 Å². The van der Waals surface area contributed by atoms with E-state index in [1.165, 1.54) is 16.5 Å². The summed E-state index contributed by atoms with van der Waals surface area (Å²) in [6.45, 7) is 2.16. The maximum absolute atomic E-state index is 4.49. The van der Waals surface area contributed by atoms with Crippen molar-refractivity contribution in [3.63, 3.8) is 0 Å². The predicted octanol–water partition coefficient (Wildman–Crippen LogP) is 3.05. The third kappa shape index (κ3) is 1.99. The van der Waals surface area contributed by atoms with Gasteiger partial charge in [0.2, 0.25) is 0 Å². The number of nitrogens with zero attached hydrogens (tertiary/aromatic N) is 3. The van der Waals surface area contributed by atoms with E-state index in [2.05, 4.69) is 62.8 Å². The number of pyridine rings is 1. The van der Waals surface area contributed by atoms with E-state index in [0.717, 1.165) is 29.6 Å². The summed E-state index contributed by atoms with van der Waals surface area (Å²) in [4.78, 5) is 6.83. The van der Waals surface area contributed by atoms with Gasteiger partial charge in [0.15, 0.2) is 0 Å². The largest absolute Gasteiger partial charge is 0.335 e. The van der Waals surface area contributed by atoms with Gasteiger partial charge in [0.05, 0.1) is 0 Å². The number of aryl methyl sites for hydroxylation is 1. The highest BCUT2D eigenvalue weighted by molar-refractivity contribution is 9.10. The topological polar surface area (TPSA) is 21.1 Å². The summed E-state index contributed by atoms with van der Waals surface area (Å²) in [5.41, 5.74) is 3.82. The van der Waals surface area contributed by atoms with Gasteiger partial charge >= 0.3 is 0 Å². The summed E-state index contributed by atoms with van der Waals surface area (Å²) >= 11 is 3.51. The zero-order valence-corrected chi connectivity index (χ0v) is 12.2. The molecule has 94 valence electrons. The van der Waals surface area contributed by atoms with Crippen LogP contribution in [0.3, 0.4) is 0 Å². The third-order valence-electron chi connectivity index (χ3n) is 3.54. The van der Waals surface area contributed by atoms with Gasteiger partial charge in [-0.05, 0) is 41.0 Å². The smallest absolute Gasteiger partial charge is 0.140 e. The lowest BCUT2D eigenvalue weighted by molar-refractivity contribution is 0.370. The van der Waals surface area contributed by atoms with Crippen LogP contribution in [0.1, 0.15) is 12.0 Å². The van der Waals surface area contributed by atoms with E-state index in [4.69, 9.17) is 0 Å². The number of likely N-dealkylation sites (N-methyl/N-ethyl adjacent to an activating group) is 1. The van der Waals surface area contributed by atoms with E-state index < -0.39 is 0 Å². The maximum atomic E-state index is 4.49. The Hall–Kier alpha value is -1.13. The first kappa shape index (κ1) is 11.9. The highest BCUT2D eigenvalue weighted by Gasteiger charge is 2.15. The number of halogens is 1. The van der Waals surface area contributed by atoms with E-state index in [0.29, 0.717) is 0 Å². The van der Waals surface area contributed by atoms with Crippen molar-refractivity contribution in [3.05, 3.63) is 34.6 Å². The molecule has 0 N–H and O–H groups in total.